The molecule has 0 aromatic rings. The van der Waals surface area contributed by atoms with Crippen molar-refractivity contribution in [2.24, 2.45) is 10.3 Å². The van der Waals surface area contributed by atoms with Crippen LogP contribution in [0.3, 0.4) is 0 Å². The van der Waals surface area contributed by atoms with Gasteiger partial charge in [-0.1, -0.05) is 6.92 Å². The van der Waals surface area contributed by atoms with Crippen LogP contribution >= 0.6 is 0 Å². The molecule has 0 aromatic heterocycles. The van der Waals surface area contributed by atoms with Crippen LogP contribution in [-0.2, 0) is 9.73 Å². The van der Waals surface area contributed by atoms with Crippen molar-refractivity contribution >= 4 is 9.73 Å². The highest BCUT2D eigenvalue weighted by Crippen LogP contribution is 2.36. The molecule has 3 unspecified atom stereocenters. The van der Waals surface area contributed by atoms with Crippen molar-refractivity contribution in [2.75, 3.05) is 13.3 Å². The van der Waals surface area contributed by atoms with Gasteiger partial charge in [-0.25, -0.2) is 8.57 Å². The van der Waals surface area contributed by atoms with Gasteiger partial charge >= 0.3 is 0 Å². The summed E-state index contributed by atoms with van der Waals surface area (Å²) >= 11 is 0. The molecule has 3 atom stereocenters. The summed E-state index contributed by atoms with van der Waals surface area (Å²) in [5.74, 6) is 0.645. The molecule has 0 bridgehead atoms. The lowest BCUT2D eigenvalue weighted by Crippen LogP contribution is -2.04. The van der Waals surface area contributed by atoms with Gasteiger partial charge in [-0.15, -0.1) is 0 Å². The number of rotatable bonds is 1. The van der Waals surface area contributed by atoms with Gasteiger partial charge in [0.1, 0.15) is 0 Å². The minimum atomic E-state index is -1.80. The molecular weight excluding hydrogens is 134 g/mol. The van der Waals surface area contributed by atoms with Crippen LogP contribution in [0.2, 0.25) is 0 Å². The third-order valence-electron chi connectivity index (χ3n) is 1.96. The highest BCUT2D eigenvalue weighted by atomic mass is 32.2. The summed E-state index contributed by atoms with van der Waals surface area (Å²) in [5, 5.41) is 0.391. The van der Waals surface area contributed by atoms with Gasteiger partial charge in [-0.05, 0) is 12.3 Å². The Labute approximate surface area is 56.8 Å². The zero-order chi connectivity index (χ0) is 7.07. The average Bonchev–Trinajstić information content (AvgIpc) is 2.47. The van der Waals surface area contributed by atoms with Crippen molar-refractivity contribution in [3.63, 3.8) is 0 Å². The Balaban J connectivity index is 2.75. The fraction of sp³-hybridized carbons (Fsp3) is 1.00. The smallest absolute Gasteiger partial charge is 0.0467 e. The molecule has 1 aliphatic carbocycles. The van der Waals surface area contributed by atoms with Crippen LogP contribution in [0.25, 0.3) is 0 Å². The molecule has 0 aromatic carbocycles. The third-order valence-corrected chi connectivity index (χ3v) is 4.47. The molecule has 3 heteroatoms. The molecule has 1 fully saturated rings. The van der Waals surface area contributed by atoms with E-state index in [1.165, 1.54) is 0 Å². The van der Waals surface area contributed by atoms with Gasteiger partial charge in [-0.2, -0.15) is 0 Å². The summed E-state index contributed by atoms with van der Waals surface area (Å²) in [6.07, 6.45) is 2.86. The van der Waals surface area contributed by atoms with Gasteiger partial charge in [0, 0.05) is 28.3 Å². The molecule has 2 nitrogen and oxygen atoms in total. The van der Waals surface area contributed by atoms with Crippen molar-refractivity contribution in [1.29, 1.82) is 0 Å². The Morgan fingerprint density at radius 2 is 2.11 bits per heavy atom. The van der Waals surface area contributed by atoms with Crippen molar-refractivity contribution in [3.8, 4) is 0 Å². The maximum absolute atomic E-state index is 11.4. The van der Waals surface area contributed by atoms with Crippen molar-refractivity contribution in [3.05, 3.63) is 0 Å². The highest BCUT2D eigenvalue weighted by Gasteiger charge is 2.39. The minimum absolute atomic E-state index is 0.391. The molecular formula is C6H13NOS. The summed E-state index contributed by atoms with van der Waals surface area (Å²) in [6, 6.07) is 0. The molecule has 0 saturated heterocycles. The van der Waals surface area contributed by atoms with Gasteiger partial charge in [0.05, 0.1) is 0 Å². The molecule has 0 aliphatic heterocycles. The van der Waals surface area contributed by atoms with Crippen molar-refractivity contribution in [1.82, 2.24) is 0 Å². The van der Waals surface area contributed by atoms with E-state index in [1.54, 1.807) is 13.3 Å². The van der Waals surface area contributed by atoms with E-state index in [-0.39, 0.29) is 0 Å². The first kappa shape index (κ1) is 7.06. The maximum Gasteiger partial charge on any atom is 0.0467 e. The molecule has 0 amide bonds. The van der Waals surface area contributed by atoms with Gasteiger partial charge < -0.3 is 0 Å². The summed E-state index contributed by atoms with van der Waals surface area (Å²) in [5.41, 5.74) is 0. The summed E-state index contributed by atoms with van der Waals surface area (Å²) in [6.45, 7) is 2.12. The van der Waals surface area contributed by atoms with Gasteiger partial charge in [0.15, 0.2) is 0 Å². The van der Waals surface area contributed by atoms with E-state index >= 15 is 0 Å². The molecule has 1 saturated carbocycles. The predicted molar refractivity (Wildman–Crippen MR) is 40.0 cm³/mol. The molecule has 54 valence electrons. The van der Waals surface area contributed by atoms with Gasteiger partial charge in [0.2, 0.25) is 0 Å². The fourth-order valence-corrected chi connectivity index (χ4v) is 2.83. The quantitative estimate of drug-likeness (QED) is 0.546. The second-order valence-electron chi connectivity index (χ2n) is 2.80. The van der Waals surface area contributed by atoms with E-state index < -0.39 is 9.73 Å². The third kappa shape index (κ3) is 1.26. The lowest BCUT2D eigenvalue weighted by atomic mass is 10.5. The van der Waals surface area contributed by atoms with Crippen LogP contribution in [0.5, 0.6) is 0 Å². The van der Waals surface area contributed by atoms with Crippen molar-refractivity contribution < 1.29 is 4.21 Å². The van der Waals surface area contributed by atoms with E-state index in [9.17, 15) is 4.21 Å². The first-order valence-corrected chi connectivity index (χ1v) is 5.15. The Bertz CT molecular complexity index is 215. The Morgan fingerprint density at radius 3 is 2.22 bits per heavy atom. The van der Waals surface area contributed by atoms with Crippen molar-refractivity contribution in [2.45, 2.75) is 18.6 Å². The maximum atomic E-state index is 11.4. The fourth-order valence-electron chi connectivity index (χ4n) is 1.03. The number of hydrogen-bond acceptors (Lipinski definition) is 2. The lowest BCUT2D eigenvalue weighted by molar-refractivity contribution is 0.677. The summed E-state index contributed by atoms with van der Waals surface area (Å²) < 4.78 is 15.2. The molecule has 0 heterocycles. The standard InChI is InChI=1S/C6H13NOS/c1-5-4-6(5)9(3,8)7-2/h5-6H,4H2,1-3H3. The second-order valence-corrected chi connectivity index (χ2v) is 5.49. The first-order chi connectivity index (χ1) is 4.08. The molecule has 0 radical (unpaired) electrons. The van der Waals surface area contributed by atoms with E-state index in [1.807, 2.05) is 0 Å². The average molecular weight is 147 g/mol. The van der Waals surface area contributed by atoms with E-state index in [4.69, 9.17) is 0 Å². The van der Waals surface area contributed by atoms with E-state index in [0.717, 1.165) is 6.42 Å². The van der Waals surface area contributed by atoms with E-state index in [2.05, 4.69) is 11.3 Å². The number of nitrogens with zero attached hydrogens (tertiary/aromatic N) is 1. The van der Waals surface area contributed by atoms with Gasteiger partial charge in [0.25, 0.3) is 0 Å². The summed E-state index contributed by atoms with van der Waals surface area (Å²) in [7, 11) is -0.153. The highest BCUT2D eigenvalue weighted by molar-refractivity contribution is 7.93. The van der Waals surface area contributed by atoms with Crippen LogP contribution in [0.1, 0.15) is 13.3 Å². The minimum Gasteiger partial charge on any atom is -0.250 e. The van der Waals surface area contributed by atoms with Crippen LogP contribution in [-0.4, -0.2) is 22.8 Å². The van der Waals surface area contributed by atoms with Crippen LogP contribution in [0.15, 0.2) is 4.36 Å². The lowest BCUT2D eigenvalue weighted by Gasteiger charge is -1.96. The monoisotopic (exact) mass is 147 g/mol. The van der Waals surface area contributed by atoms with Gasteiger partial charge in [-0.3, -0.25) is 0 Å². The first-order valence-electron chi connectivity index (χ1n) is 3.17. The van der Waals surface area contributed by atoms with Crippen LogP contribution in [0.4, 0.5) is 0 Å². The van der Waals surface area contributed by atoms with E-state index in [0.29, 0.717) is 11.2 Å². The number of hydrogen-bond donors (Lipinski definition) is 0. The predicted octanol–water partition coefficient (Wildman–Crippen LogP) is 1.12. The summed E-state index contributed by atoms with van der Waals surface area (Å²) in [4.78, 5) is 0. The van der Waals surface area contributed by atoms with Crippen LogP contribution < -0.4 is 0 Å². The Morgan fingerprint density at radius 1 is 1.67 bits per heavy atom. The SMILES string of the molecule is CN=S(C)(=O)C1CC1C. The molecule has 0 spiro atoms. The molecule has 1 aliphatic rings. The van der Waals surface area contributed by atoms with Crippen LogP contribution in [0, 0.1) is 5.92 Å². The Kier molecular flexibility index (Phi) is 1.55. The molecule has 9 heavy (non-hydrogen) atoms. The molecule has 0 N–H and O–H groups in total. The zero-order valence-electron chi connectivity index (χ0n) is 6.13. The second kappa shape index (κ2) is 1.97. The normalized spacial score (nSPS) is 39.4. The topological polar surface area (TPSA) is 29.4 Å². The molecule has 1 rings (SSSR count). The largest absolute Gasteiger partial charge is 0.250 e. The Hall–Kier alpha value is -0.0500. The zero-order valence-corrected chi connectivity index (χ0v) is 6.94.